The minimum absolute atomic E-state index is 0.623. The molecule has 0 aliphatic carbocycles. The van der Waals surface area contributed by atoms with Gasteiger partial charge >= 0.3 is 0 Å². The van der Waals surface area contributed by atoms with Gasteiger partial charge in [-0.3, -0.25) is 4.99 Å². The van der Waals surface area contributed by atoms with E-state index in [0.717, 1.165) is 14.7 Å². The zero-order valence-corrected chi connectivity index (χ0v) is 7.46. The summed E-state index contributed by atoms with van der Waals surface area (Å²) in [7, 11) is 0.958. The van der Waals surface area contributed by atoms with E-state index in [9.17, 15) is 0 Å². The predicted octanol–water partition coefficient (Wildman–Crippen LogP) is 1.47. The molecule has 0 aromatic rings. The molecule has 0 aromatic heterocycles. The SMILES string of the molecule is CC1=C[C@H]2PCC=NC=C2N1. The maximum atomic E-state index is 4.17. The molecule has 2 aliphatic heterocycles. The van der Waals surface area contributed by atoms with Crippen LogP contribution in [0.4, 0.5) is 0 Å². The highest BCUT2D eigenvalue weighted by atomic mass is 31.1. The van der Waals surface area contributed by atoms with Crippen LogP contribution in [0.15, 0.2) is 28.7 Å². The van der Waals surface area contributed by atoms with Crippen LogP contribution in [0.3, 0.4) is 0 Å². The minimum Gasteiger partial charge on any atom is -0.361 e. The van der Waals surface area contributed by atoms with Crippen molar-refractivity contribution in [3.8, 4) is 0 Å². The van der Waals surface area contributed by atoms with E-state index in [2.05, 4.69) is 23.3 Å². The second-order valence-electron chi connectivity index (χ2n) is 2.78. The Hall–Kier alpha value is -0.620. The van der Waals surface area contributed by atoms with Crippen molar-refractivity contribution in [3.63, 3.8) is 0 Å². The molecule has 1 N–H and O–H groups in total. The Balaban J connectivity index is 2.23. The highest BCUT2D eigenvalue weighted by Gasteiger charge is 2.18. The first-order valence-electron chi connectivity index (χ1n) is 3.77. The lowest BCUT2D eigenvalue weighted by Gasteiger charge is -2.05. The van der Waals surface area contributed by atoms with Crippen LogP contribution in [-0.4, -0.2) is 18.0 Å². The lowest BCUT2D eigenvalue weighted by atomic mass is 10.3. The fraction of sp³-hybridized carbons (Fsp3) is 0.375. The summed E-state index contributed by atoms with van der Waals surface area (Å²) in [5.41, 5.74) is 3.16. The zero-order valence-electron chi connectivity index (χ0n) is 6.46. The molecule has 2 heterocycles. The topological polar surface area (TPSA) is 24.4 Å². The molecular weight excluding hydrogens is 155 g/mol. The van der Waals surface area contributed by atoms with Gasteiger partial charge in [-0.15, -0.1) is 8.58 Å². The van der Waals surface area contributed by atoms with Crippen molar-refractivity contribution in [2.45, 2.75) is 12.6 Å². The summed E-state index contributed by atoms with van der Waals surface area (Å²) >= 11 is 0. The van der Waals surface area contributed by atoms with Gasteiger partial charge in [-0.25, -0.2) is 0 Å². The lowest BCUT2D eigenvalue weighted by molar-refractivity contribution is 1.00. The van der Waals surface area contributed by atoms with Crippen LogP contribution in [0.2, 0.25) is 0 Å². The molecule has 0 radical (unpaired) electrons. The number of nitrogens with zero attached hydrogens (tertiary/aromatic N) is 1. The maximum Gasteiger partial charge on any atom is 0.0466 e. The molecule has 0 saturated heterocycles. The van der Waals surface area contributed by atoms with Crippen LogP contribution in [0.5, 0.6) is 0 Å². The van der Waals surface area contributed by atoms with Gasteiger partial charge in [-0.05, 0) is 6.92 Å². The van der Waals surface area contributed by atoms with E-state index in [-0.39, 0.29) is 0 Å². The molecule has 2 rings (SSSR count). The molecule has 58 valence electrons. The number of fused-ring (bicyclic) bond motifs is 1. The van der Waals surface area contributed by atoms with E-state index in [1.807, 2.05) is 12.4 Å². The monoisotopic (exact) mass is 166 g/mol. The van der Waals surface area contributed by atoms with Crippen molar-refractivity contribution in [2.75, 3.05) is 6.16 Å². The summed E-state index contributed by atoms with van der Waals surface area (Å²) in [6.07, 6.45) is 7.35. The zero-order chi connectivity index (χ0) is 7.68. The molecule has 2 aliphatic rings. The Bertz CT molecular complexity index is 253. The molecule has 1 unspecified atom stereocenters. The Kier molecular flexibility index (Phi) is 1.79. The third-order valence-corrected chi connectivity index (χ3v) is 3.18. The normalized spacial score (nSPS) is 30.5. The van der Waals surface area contributed by atoms with Gasteiger partial charge in [0, 0.05) is 35.6 Å². The molecule has 0 fully saturated rings. The van der Waals surface area contributed by atoms with Gasteiger partial charge in [-0.1, -0.05) is 6.08 Å². The summed E-state index contributed by atoms with van der Waals surface area (Å²) in [5, 5.41) is 3.31. The summed E-state index contributed by atoms with van der Waals surface area (Å²) in [5.74, 6) is 0. The van der Waals surface area contributed by atoms with Crippen molar-refractivity contribution >= 4 is 14.8 Å². The molecule has 0 aromatic carbocycles. The van der Waals surface area contributed by atoms with E-state index < -0.39 is 0 Å². The minimum atomic E-state index is 0.623. The Morgan fingerprint density at radius 1 is 1.73 bits per heavy atom. The van der Waals surface area contributed by atoms with Crippen LogP contribution in [0, 0.1) is 0 Å². The van der Waals surface area contributed by atoms with Crippen molar-refractivity contribution in [3.05, 3.63) is 23.7 Å². The molecule has 0 saturated carbocycles. The standard InChI is InChI=1S/C8H11N2P/c1-6-4-8-7(10-6)5-9-2-3-11-8/h2,4-5,8,10-11H,3H2,1H3/t8-/m1/s1. The Morgan fingerprint density at radius 3 is 3.55 bits per heavy atom. The second-order valence-corrected chi connectivity index (χ2v) is 4.22. The van der Waals surface area contributed by atoms with Crippen LogP contribution < -0.4 is 5.32 Å². The van der Waals surface area contributed by atoms with Crippen molar-refractivity contribution < 1.29 is 0 Å². The smallest absolute Gasteiger partial charge is 0.0466 e. The number of hydrogen-bond acceptors (Lipinski definition) is 2. The van der Waals surface area contributed by atoms with Gasteiger partial charge in [0.05, 0.1) is 0 Å². The largest absolute Gasteiger partial charge is 0.361 e. The average molecular weight is 166 g/mol. The second kappa shape index (κ2) is 2.78. The predicted molar refractivity (Wildman–Crippen MR) is 50.4 cm³/mol. The van der Waals surface area contributed by atoms with E-state index in [1.165, 1.54) is 11.4 Å². The van der Waals surface area contributed by atoms with Gasteiger partial charge in [0.1, 0.15) is 0 Å². The highest BCUT2D eigenvalue weighted by Crippen LogP contribution is 2.31. The van der Waals surface area contributed by atoms with Crippen LogP contribution in [0.1, 0.15) is 6.92 Å². The van der Waals surface area contributed by atoms with Crippen LogP contribution in [-0.2, 0) is 0 Å². The molecule has 0 bridgehead atoms. The molecular formula is C8H11N2P. The molecule has 0 amide bonds. The maximum absolute atomic E-state index is 4.17. The van der Waals surface area contributed by atoms with Crippen molar-refractivity contribution in [1.82, 2.24) is 5.32 Å². The fourth-order valence-electron chi connectivity index (χ4n) is 1.33. The lowest BCUT2D eigenvalue weighted by Crippen LogP contribution is -2.08. The fourth-order valence-corrected chi connectivity index (χ4v) is 2.53. The number of nitrogens with one attached hydrogen (secondary N) is 1. The molecule has 2 atom stereocenters. The third-order valence-electron chi connectivity index (χ3n) is 1.84. The van der Waals surface area contributed by atoms with Crippen molar-refractivity contribution in [1.29, 1.82) is 0 Å². The first-order chi connectivity index (χ1) is 5.36. The van der Waals surface area contributed by atoms with E-state index in [0.29, 0.717) is 5.66 Å². The number of rotatable bonds is 0. The first kappa shape index (κ1) is 7.05. The quantitative estimate of drug-likeness (QED) is 0.541. The van der Waals surface area contributed by atoms with E-state index in [1.54, 1.807) is 0 Å². The summed E-state index contributed by atoms with van der Waals surface area (Å²) < 4.78 is 0. The average Bonchev–Trinajstić information content (AvgIpc) is 2.17. The van der Waals surface area contributed by atoms with Gasteiger partial charge in [-0.2, -0.15) is 0 Å². The molecule has 0 spiro atoms. The molecule has 11 heavy (non-hydrogen) atoms. The number of allylic oxidation sites excluding steroid dienone is 2. The van der Waals surface area contributed by atoms with E-state index in [4.69, 9.17) is 0 Å². The Morgan fingerprint density at radius 2 is 2.64 bits per heavy atom. The highest BCUT2D eigenvalue weighted by molar-refractivity contribution is 7.40. The summed E-state index contributed by atoms with van der Waals surface area (Å²) in [6, 6.07) is 0. The van der Waals surface area contributed by atoms with Crippen LogP contribution in [0.25, 0.3) is 0 Å². The van der Waals surface area contributed by atoms with Gasteiger partial charge in [0.25, 0.3) is 0 Å². The third kappa shape index (κ3) is 1.36. The molecule has 2 nitrogen and oxygen atoms in total. The summed E-state index contributed by atoms with van der Waals surface area (Å²) in [4.78, 5) is 4.17. The van der Waals surface area contributed by atoms with Gasteiger partial charge < -0.3 is 5.32 Å². The Labute approximate surface area is 68.3 Å². The number of aliphatic imine (C=N–C) groups is 1. The van der Waals surface area contributed by atoms with Gasteiger partial charge in [0.15, 0.2) is 0 Å². The number of hydrogen-bond donors (Lipinski definition) is 1. The summed E-state index contributed by atoms with van der Waals surface area (Å²) in [6.45, 7) is 2.10. The van der Waals surface area contributed by atoms with Crippen LogP contribution >= 0.6 is 8.58 Å². The first-order valence-corrected chi connectivity index (χ1v) is 5.05. The van der Waals surface area contributed by atoms with Gasteiger partial charge in [0.2, 0.25) is 0 Å². The molecule has 3 heteroatoms. The van der Waals surface area contributed by atoms with E-state index >= 15 is 0 Å². The van der Waals surface area contributed by atoms with Crippen molar-refractivity contribution in [2.24, 2.45) is 4.99 Å².